The van der Waals surface area contributed by atoms with Crippen molar-refractivity contribution in [2.45, 2.75) is 33.2 Å². The highest BCUT2D eigenvalue weighted by Crippen LogP contribution is 2.16. The standard InChI is InChI=1S/C14H18N6O2/c1-8-4-5-9(2)11(6-8)16-13(22)7-12(21)15-10(3)14-17-19-20-18-14/h4-6,10H,7H2,1-3H3,(H,15,21)(H,16,22)(H,17,18,19,20). The molecule has 0 fully saturated rings. The second-order valence-electron chi connectivity index (χ2n) is 5.10. The van der Waals surface area contributed by atoms with Crippen LogP contribution in [-0.2, 0) is 9.59 Å². The first kappa shape index (κ1) is 15.6. The van der Waals surface area contributed by atoms with Crippen LogP contribution in [0.4, 0.5) is 5.69 Å². The minimum atomic E-state index is -0.417. The highest BCUT2D eigenvalue weighted by molar-refractivity contribution is 6.03. The van der Waals surface area contributed by atoms with Gasteiger partial charge in [0.1, 0.15) is 6.42 Å². The van der Waals surface area contributed by atoms with Gasteiger partial charge in [-0.25, -0.2) is 0 Å². The molecule has 3 N–H and O–H groups in total. The number of aromatic nitrogens is 4. The lowest BCUT2D eigenvalue weighted by molar-refractivity contribution is -0.127. The fourth-order valence-corrected chi connectivity index (χ4v) is 1.92. The van der Waals surface area contributed by atoms with Crippen LogP contribution in [0.15, 0.2) is 18.2 Å². The molecular weight excluding hydrogens is 284 g/mol. The molecule has 1 aromatic carbocycles. The molecule has 1 heterocycles. The van der Waals surface area contributed by atoms with Crippen molar-refractivity contribution in [3.05, 3.63) is 35.2 Å². The number of nitrogens with zero attached hydrogens (tertiary/aromatic N) is 3. The molecule has 22 heavy (non-hydrogen) atoms. The zero-order valence-corrected chi connectivity index (χ0v) is 12.7. The van der Waals surface area contributed by atoms with Crippen LogP contribution >= 0.6 is 0 Å². The number of aromatic amines is 1. The van der Waals surface area contributed by atoms with E-state index in [1.165, 1.54) is 0 Å². The molecular formula is C14H18N6O2. The zero-order chi connectivity index (χ0) is 16.1. The highest BCUT2D eigenvalue weighted by atomic mass is 16.2. The number of aryl methyl sites for hydroxylation is 2. The summed E-state index contributed by atoms with van der Waals surface area (Å²) in [6, 6.07) is 5.33. The van der Waals surface area contributed by atoms with E-state index in [1.54, 1.807) is 6.92 Å². The molecule has 1 unspecified atom stereocenters. The normalized spacial score (nSPS) is 11.8. The lowest BCUT2D eigenvalue weighted by atomic mass is 10.1. The molecule has 2 amide bonds. The second-order valence-corrected chi connectivity index (χ2v) is 5.10. The average Bonchev–Trinajstić information content (AvgIpc) is 2.96. The molecule has 1 atom stereocenters. The first-order valence-electron chi connectivity index (χ1n) is 6.85. The monoisotopic (exact) mass is 302 g/mol. The summed E-state index contributed by atoms with van der Waals surface area (Å²) >= 11 is 0. The van der Waals surface area contributed by atoms with Gasteiger partial charge in [0.15, 0.2) is 5.82 Å². The van der Waals surface area contributed by atoms with Gasteiger partial charge in [-0.1, -0.05) is 17.3 Å². The lowest BCUT2D eigenvalue weighted by Gasteiger charge is -2.11. The number of rotatable bonds is 5. The summed E-state index contributed by atoms with van der Waals surface area (Å²) < 4.78 is 0. The smallest absolute Gasteiger partial charge is 0.233 e. The summed E-state index contributed by atoms with van der Waals surface area (Å²) in [7, 11) is 0. The molecule has 1 aromatic heterocycles. The van der Waals surface area contributed by atoms with Gasteiger partial charge in [0.05, 0.1) is 6.04 Å². The van der Waals surface area contributed by atoms with Crippen molar-refractivity contribution in [3.8, 4) is 0 Å². The van der Waals surface area contributed by atoms with E-state index in [9.17, 15) is 9.59 Å². The summed E-state index contributed by atoms with van der Waals surface area (Å²) in [6.45, 7) is 5.55. The Kier molecular flexibility index (Phi) is 4.82. The predicted octanol–water partition coefficient (Wildman–Crippen LogP) is 1.02. The summed E-state index contributed by atoms with van der Waals surface area (Å²) in [6.07, 6.45) is -0.268. The Labute approximate surface area is 127 Å². The van der Waals surface area contributed by atoms with Crippen molar-refractivity contribution in [1.82, 2.24) is 25.9 Å². The van der Waals surface area contributed by atoms with E-state index in [4.69, 9.17) is 0 Å². The first-order valence-corrected chi connectivity index (χ1v) is 6.85. The number of carbonyl (C=O) groups is 2. The van der Waals surface area contributed by atoms with Crippen molar-refractivity contribution in [2.75, 3.05) is 5.32 Å². The maximum atomic E-state index is 11.9. The summed E-state index contributed by atoms with van der Waals surface area (Å²) in [4.78, 5) is 23.8. The van der Waals surface area contributed by atoms with Gasteiger partial charge in [0.25, 0.3) is 0 Å². The Hall–Kier alpha value is -2.77. The van der Waals surface area contributed by atoms with Crippen molar-refractivity contribution >= 4 is 17.5 Å². The Morgan fingerprint density at radius 2 is 2.05 bits per heavy atom. The number of benzene rings is 1. The number of tetrazole rings is 1. The van der Waals surface area contributed by atoms with E-state index in [2.05, 4.69) is 31.3 Å². The third-order valence-electron chi connectivity index (χ3n) is 3.11. The van der Waals surface area contributed by atoms with Gasteiger partial charge in [0.2, 0.25) is 11.8 Å². The number of anilines is 1. The van der Waals surface area contributed by atoms with E-state index in [-0.39, 0.29) is 12.3 Å². The summed E-state index contributed by atoms with van der Waals surface area (Å²) in [5.41, 5.74) is 2.69. The van der Waals surface area contributed by atoms with Crippen molar-refractivity contribution < 1.29 is 9.59 Å². The van der Waals surface area contributed by atoms with Crippen molar-refractivity contribution in [1.29, 1.82) is 0 Å². The molecule has 0 aliphatic heterocycles. The van der Waals surface area contributed by atoms with Crippen LogP contribution in [0.5, 0.6) is 0 Å². The molecule has 0 saturated carbocycles. The second kappa shape index (κ2) is 6.79. The van der Waals surface area contributed by atoms with Gasteiger partial charge in [-0.3, -0.25) is 9.59 Å². The van der Waals surface area contributed by atoms with E-state index in [1.807, 2.05) is 32.0 Å². The number of hydrogen-bond acceptors (Lipinski definition) is 5. The largest absolute Gasteiger partial charge is 0.346 e. The van der Waals surface area contributed by atoms with E-state index in [0.717, 1.165) is 11.1 Å². The Morgan fingerprint density at radius 3 is 2.73 bits per heavy atom. The Bertz CT molecular complexity index is 668. The third-order valence-corrected chi connectivity index (χ3v) is 3.11. The van der Waals surface area contributed by atoms with Crippen molar-refractivity contribution in [2.24, 2.45) is 0 Å². The minimum Gasteiger partial charge on any atom is -0.346 e. The van der Waals surface area contributed by atoms with Crippen LogP contribution in [0.2, 0.25) is 0 Å². The minimum absolute atomic E-state index is 0.268. The fraction of sp³-hybridized carbons (Fsp3) is 0.357. The zero-order valence-electron chi connectivity index (χ0n) is 12.7. The molecule has 8 heteroatoms. The van der Waals surface area contributed by atoms with Crippen LogP contribution < -0.4 is 10.6 Å². The van der Waals surface area contributed by atoms with Crippen LogP contribution in [-0.4, -0.2) is 32.4 Å². The number of hydrogen-bond donors (Lipinski definition) is 3. The number of carbonyl (C=O) groups excluding carboxylic acids is 2. The molecule has 0 aliphatic carbocycles. The molecule has 116 valence electrons. The number of H-pyrrole nitrogens is 1. The summed E-state index contributed by atoms with van der Waals surface area (Å²) in [5.74, 6) is -0.407. The Morgan fingerprint density at radius 1 is 1.27 bits per heavy atom. The molecule has 2 rings (SSSR count). The molecule has 0 radical (unpaired) electrons. The molecule has 0 aliphatic rings. The highest BCUT2D eigenvalue weighted by Gasteiger charge is 2.16. The van der Waals surface area contributed by atoms with Gasteiger partial charge in [-0.2, -0.15) is 5.21 Å². The first-order chi connectivity index (χ1) is 10.5. The molecule has 2 aromatic rings. The third kappa shape index (κ3) is 4.11. The van der Waals surface area contributed by atoms with Crippen LogP contribution in [0.3, 0.4) is 0 Å². The van der Waals surface area contributed by atoms with Gasteiger partial charge in [0, 0.05) is 5.69 Å². The van der Waals surface area contributed by atoms with E-state index >= 15 is 0 Å². The van der Waals surface area contributed by atoms with Crippen molar-refractivity contribution in [3.63, 3.8) is 0 Å². The quantitative estimate of drug-likeness (QED) is 0.714. The predicted molar refractivity (Wildman–Crippen MR) is 79.9 cm³/mol. The molecule has 0 bridgehead atoms. The van der Waals surface area contributed by atoms with E-state index in [0.29, 0.717) is 11.5 Å². The van der Waals surface area contributed by atoms with Gasteiger partial charge >= 0.3 is 0 Å². The summed E-state index contributed by atoms with van der Waals surface area (Å²) in [5, 5.41) is 18.7. The molecule has 0 saturated heterocycles. The topological polar surface area (TPSA) is 113 Å². The van der Waals surface area contributed by atoms with Crippen LogP contribution in [0.25, 0.3) is 0 Å². The SMILES string of the molecule is Cc1ccc(C)c(NC(=O)CC(=O)NC(C)c2nn[nH]n2)c1. The fourth-order valence-electron chi connectivity index (χ4n) is 1.92. The maximum Gasteiger partial charge on any atom is 0.233 e. The van der Waals surface area contributed by atoms with Crippen LogP contribution in [0, 0.1) is 13.8 Å². The van der Waals surface area contributed by atoms with Gasteiger partial charge in [-0.05, 0) is 38.0 Å². The number of nitrogens with one attached hydrogen (secondary N) is 3. The molecule has 0 spiro atoms. The average molecular weight is 302 g/mol. The maximum absolute atomic E-state index is 11.9. The van der Waals surface area contributed by atoms with Gasteiger partial charge < -0.3 is 10.6 Å². The Balaban J connectivity index is 1.89. The van der Waals surface area contributed by atoms with Crippen LogP contribution in [0.1, 0.15) is 36.3 Å². The van der Waals surface area contributed by atoms with Gasteiger partial charge in [-0.15, -0.1) is 10.2 Å². The number of amides is 2. The lowest BCUT2D eigenvalue weighted by Crippen LogP contribution is -2.31. The molecule has 8 nitrogen and oxygen atoms in total. The van der Waals surface area contributed by atoms with E-state index < -0.39 is 11.9 Å².